The van der Waals surface area contributed by atoms with Crippen LogP contribution >= 0.6 is 11.8 Å². The van der Waals surface area contributed by atoms with Crippen molar-refractivity contribution in [2.24, 2.45) is 0 Å². The number of carbonyl (C=O) groups is 1. The zero-order valence-electron chi connectivity index (χ0n) is 14.1. The molecule has 4 nitrogen and oxygen atoms in total. The number of methoxy groups -OCH3 is 1. The molecule has 5 heteroatoms. The number of aliphatic carboxylic acids is 1. The van der Waals surface area contributed by atoms with E-state index in [1.165, 1.54) is 10.5 Å². The first kappa shape index (κ1) is 18.4. The highest BCUT2D eigenvalue weighted by Crippen LogP contribution is 2.30. The fraction of sp³-hybridized carbons (Fsp3) is 0.316. The summed E-state index contributed by atoms with van der Waals surface area (Å²) in [5.41, 5.74) is 2.52. The molecule has 1 aliphatic rings. The summed E-state index contributed by atoms with van der Waals surface area (Å²) >= 11 is 1.85. The molecule has 0 amide bonds. The number of hydrogen-bond acceptors (Lipinski definition) is 4. The molecule has 0 saturated carbocycles. The molecule has 2 rings (SSSR count). The number of nitrogens with zero attached hydrogens (tertiary/aromatic N) is 1. The van der Waals surface area contributed by atoms with E-state index in [0.29, 0.717) is 12.1 Å². The standard InChI is InChI=1S/C19H23NO3S/c1-4-5-15(10-14(2)19(21)22)12-20-8-9-24-18-7-6-17(23-3)11-16(18)13-20/h4-7,10-11H,1,8-9,12-13H2,2-3H3,(H,21,22)/b14-10+,15-5+. The van der Waals surface area contributed by atoms with Gasteiger partial charge in [-0.05, 0) is 42.3 Å². The summed E-state index contributed by atoms with van der Waals surface area (Å²) in [5.74, 6) is 0.966. The molecule has 0 aromatic heterocycles. The first-order valence-electron chi connectivity index (χ1n) is 7.78. The van der Waals surface area contributed by atoms with Gasteiger partial charge >= 0.3 is 5.97 Å². The smallest absolute Gasteiger partial charge is 0.331 e. The number of allylic oxidation sites excluding steroid dienone is 2. The van der Waals surface area contributed by atoms with Gasteiger partial charge in [-0.2, -0.15) is 0 Å². The molecule has 0 bridgehead atoms. The van der Waals surface area contributed by atoms with E-state index in [1.807, 2.05) is 23.9 Å². The number of rotatable bonds is 6. The minimum atomic E-state index is -0.897. The highest BCUT2D eigenvalue weighted by molar-refractivity contribution is 7.99. The van der Waals surface area contributed by atoms with Gasteiger partial charge in [0, 0.05) is 35.9 Å². The SMILES string of the molecule is C=C/C=C(\C=C(/C)C(=O)O)CN1CCSc2ccc(OC)cc2C1. The van der Waals surface area contributed by atoms with Crippen molar-refractivity contribution in [2.75, 3.05) is 26.0 Å². The van der Waals surface area contributed by atoms with Gasteiger partial charge in [0.2, 0.25) is 0 Å². The number of thioether (sulfide) groups is 1. The Hall–Kier alpha value is -1.98. The number of carboxylic acid groups (broad SMARTS) is 1. The average molecular weight is 345 g/mol. The normalized spacial score (nSPS) is 16.2. The van der Waals surface area contributed by atoms with Crippen molar-refractivity contribution in [1.29, 1.82) is 0 Å². The summed E-state index contributed by atoms with van der Waals surface area (Å²) in [4.78, 5) is 14.7. The van der Waals surface area contributed by atoms with Crippen molar-refractivity contribution < 1.29 is 14.6 Å². The topological polar surface area (TPSA) is 49.8 Å². The van der Waals surface area contributed by atoms with Gasteiger partial charge in [-0.15, -0.1) is 11.8 Å². The lowest BCUT2D eigenvalue weighted by Crippen LogP contribution is -2.26. The van der Waals surface area contributed by atoms with Crippen molar-refractivity contribution in [3.05, 3.63) is 59.7 Å². The number of carboxylic acids is 1. The Kier molecular flexibility index (Phi) is 6.70. The Morgan fingerprint density at radius 2 is 2.29 bits per heavy atom. The van der Waals surface area contributed by atoms with Gasteiger partial charge in [-0.25, -0.2) is 4.79 Å². The van der Waals surface area contributed by atoms with Crippen LogP contribution in [0.2, 0.25) is 0 Å². The Labute approximate surface area is 147 Å². The summed E-state index contributed by atoms with van der Waals surface area (Å²) in [6, 6.07) is 6.18. The summed E-state index contributed by atoms with van der Waals surface area (Å²) < 4.78 is 5.33. The molecular formula is C19H23NO3S. The van der Waals surface area contributed by atoms with E-state index < -0.39 is 5.97 Å². The number of benzene rings is 1. The van der Waals surface area contributed by atoms with Gasteiger partial charge < -0.3 is 9.84 Å². The molecule has 128 valence electrons. The predicted octanol–water partition coefficient (Wildman–Crippen LogP) is 3.75. The first-order chi connectivity index (χ1) is 11.5. The van der Waals surface area contributed by atoms with Crippen LogP contribution in [0.1, 0.15) is 12.5 Å². The molecule has 1 aromatic rings. The summed E-state index contributed by atoms with van der Waals surface area (Å²) in [6.45, 7) is 7.78. The Balaban J connectivity index is 2.18. The summed E-state index contributed by atoms with van der Waals surface area (Å²) in [5, 5.41) is 9.09. The van der Waals surface area contributed by atoms with E-state index >= 15 is 0 Å². The molecule has 1 N–H and O–H groups in total. The maximum atomic E-state index is 11.1. The number of fused-ring (bicyclic) bond motifs is 1. The quantitative estimate of drug-likeness (QED) is 0.629. The molecule has 1 aromatic carbocycles. The van der Waals surface area contributed by atoms with Crippen molar-refractivity contribution in [1.82, 2.24) is 4.90 Å². The van der Waals surface area contributed by atoms with Crippen LogP contribution in [0.15, 0.2) is 59.0 Å². The van der Waals surface area contributed by atoms with E-state index in [4.69, 9.17) is 9.84 Å². The van der Waals surface area contributed by atoms with E-state index in [-0.39, 0.29) is 0 Å². The Morgan fingerprint density at radius 1 is 1.50 bits per heavy atom. The molecule has 24 heavy (non-hydrogen) atoms. The molecular weight excluding hydrogens is 322 g/mol. The molecule has 0 atom stereocenters. The molecule has 0 unspecified atom stereocenters. The maximum absolute atomic E-state index is 11.1. The van der Waals surface area contributed by atoms with Crippen molar-refractivity contribution >= 4 is 17.7 Å². The molecule has 0 spiro atoms. The zero-order valence-corrected chi connectivity index (χ0v) is 14.9. The second-order valence-corrected chi connectivity index (χ2v) is 6.78. The maximum Gasteiger partial charge on any atom is 0.331 e. The summed E-state index contributed by atoms with van der Waals surface area (Å²) in [6.07, 6.45) is 5.29. The van der Waals surface area contributed by atoms with Gasteiger partial charge in [0.05, 0.1) is 7.11 Å². The Bertz CT molecular complexity index is 679. The molecule has 1 heterocycles. The van der Waals surface area contributed by atoms with Gasteiger partial charge in [-0.3, -0.25) is 4.90 Å². The van der Waals surface area contributed by atoms with Crippen molar-refractivity contribution in [2.45, 2.75) is 18.4 Å². The molecule has 0 aliphatic carbocycles. The van der Waals surface area contributed by atoms with Gasteiger partial charge in [0.1, 0.15) is 5.75 Å². The van der Waals surface area contributed by atoms with Crippen LogP contribution in [0.5, 0.6) is 5.75 Å². The molecule has 0 saturated heterocycles. The van der Waals surface area contributed by atoms with Gasteiger partial charge in [-0.1, -0.05) is 18.7 Å². The van der Waals surface area contributed by atoms with Crippen LogP contribution in [0.25, 0.3) is 0 Å². The third-order valence-corrected chi connectivity index (χ3v) is 4.90. The zero-order chi connectivity index (χ0) is 17.5. The monoisotopic (exact) mass is 345 g/mol. The number of hydrogen-bond donors (Lipinski definition) is 1. The first-order valence-corrected chi connectivity index (χ1v) is 8.77. The minimum Gasteiger partial charge on any atom is -0.497 e. The van der Waals surface area contributed by atoms with Crippen LogP contribution in [-0.4, -0.2) is 41.9 Å². The van der Waals surface area contributed by atoms with E-state index in [1.54, 1.807) is 26.2 Å². The van der Waals surface area contributed by atoms with E-state index in [0.717, 1.165) is 30.2 Å². The average Bonchev–Trinajstić information content (AvgIpc) is 2.75. The lowest BCUT2D eigenvalue weighted by atomic mass is 10.1. The summed E-state index contributed by atoms with van der Waals surface area (Å²) in [7, 11) is 1.67. The second kappa shape index (κ2) is 8.76. The van der Waals surface area contributed by atoms with Crippen molar-refractivity contribution in [3.8, 4) is 5.75 Å². The highest BCUT2D eigenvalue weighted by atomic mass is 32.2. The van der Waals surface area contributed by atoms with Crippen LogP contribution in [0.4, 0.5) is 0 Å². The van der Waals surface area contributed by atoms with E-state index in [2.05, 4.69) is 23.6 Å². The van der Waals surface area contributed by atoms with Crippen LogP contribution in [0, 0.1) is 0 Å². The molecule has 0 radical (unpaired) electrons. The number of ether oxygens (including phenoxy) is 1. The lowest BCUT2D eigenvalue weighted by Gasteiger charge is -2.21. The molecule has 1 aliphatic heterocycles. The van der Waals surface area contributed by atoms with Crippen LogP contribution < -0.4 is 4.74 Å². The Morgan fingerprint density at radius 3 is 2.96 bits per heavy atom. The largest absolute Gasteiger partial charge is 0.497 e. The van der Waals surface area contributed by atoms with Crippen LogP contribution in [0.3, 0.4) is 0 Å². The van der Waals surface area contributed by atoms with Crippen LogP contribution in [-0.2, 0) is 11.3 Å². The predicted molar refractivity (Wildman–Crippen MR) is 98.7 cm³/mol. The van der Waals surface area contributed by atoms with Gasteiger partial charge in [0.25, 0.3) is 0 Å². The van der Waals surface area contributed by atoms with Crippen molar-refractivity contribution in [3.63, 3.8) is 0 Å². The van der Waals surface area contributed by atoms with E-state index in [9.17, 15) is 4.79 Å². The third-order valence-electron chi connectivity index (χ3n) is 3.80. The second-order valence-electron chi connectivity index (χ2n) is 5.64. The lowest BCUT2D eigenvalue weighted by molar-refractivity contribution is -0.132. The third kappa shape index (κ3) is 5.01. The fourth-order valence-electron chi connectivity index (χ4n) is 2.58. The molecule has 0 fully saturated rings. The van der Waals surface area contributed by atoms with Gasteiger partial charge in [0.15, 0.2) is 0 Å². The highest BCUT2D eigenvalue weighted by Gasteiger charge is 2.16. The minimum absolute atomic E-state index is 0.328. The fourth-order valence-corrected chi connectivity index (χ4v) is 3.63.